The third-order valence-electron chi connectivity index (χ3n) is 5.49. The first kappa shape index (κ1) is 29.1. The van der Waals surface area contributed by atoms with Crippen molar-refractivity contribution in [3.8, 4) is 17.4 Å². The molecule has 9 nitrogen and oxygen atoms in total. The summed E-state index contributed by atoms with van der Waals surface area (Å²) in [7, 11) is -1.28. The highest BCUT2D eigenvalue weighted by molar-refractivity contribution is 9.10. The second-order valence-corrected chi connectivity index (χ2v) is 16.9. The van der Waals surface area contributed by atoms with Crippen LogP contribution in [0.25, 0.3) is 17.0 Å². The Labute approximate surface area is 227 Å². The van der Waals surface area contributed by atoms with Crippen LogP contribution in [0.3, 0.4) is 0 Å². The average Bonchev–Trinajstić information content (AvgIpc) is 3.10. The summed E-state index contributed by atoms with van der Waals surface area (Å²) in [5.41, 5.74) is 1.43. The Balaban J connectivity index is 2.05. The fourth-order valence-corrected chi connectivity index (χ4v) is 4.67. The van der Waals surface area contributed by atoms with Gasteiger partial charge in [-0.1, -0.05) is 26.2 Å². The number of hydrogen-bond donors (Lipinski definition) is 1. The number of fused-ring (bicyclic) bond motifs is 1. The molecule has 0 amide bonds. The Morgan fingerprint density at radius 2 is 1.97 bits per heavy atom. The minimum atomic E-state index is -1.28. The van der Waals surface area contributed by atoms with Crippen LogP contribution in [0.4, 0.5) is 0 Å². The minimum absolute atomic E-state index is 0.0664. The Morgan fingerprint density at radius 1 is 1.22 bits per heavy atom. The van der Waals surface area contributed by atoms with E-state index in [4.69, 9.17) is 14.2 Å². The van der Waals surface area contributed by atoms with Gasteiger partial charge >= 0.3 is 5.69 Å². The molecule has 0 aliphatic carbocycles. The lowest BCUT2D eigenvalue weighted by molar-refractivity contribution is 0.0871. The quantitative estimate of drug-likeness (QED) is 0.157. The molecule has 0 saturated heterocycles. The van der Waals surface area contributed by atoms with Crippen LogP contribution >= 0.6 is 15.9 Å². The van der Waals surface area contributed by atoms with Gasteiger partial charge in [0.2, 0.25) is 5.88 Å². The molecular weight excluding hydrogens is 556 g/mol. The van der Waals surface area contributed by atoms with Gasteiger partial charge in [0, 0.05) is 33.0 Å². The Morgan fingerprint density at radius 3 is 2.65 bits per heavy atom. The van der Waals surface area contributed by atoms with Gasteiger partial charge in [-0.25, -0.2) is 14.3 Å². The predicted molar refractivity (Wildman–Crippen MR) is 152 cm³/mol. The van der Waals surface area contributed by atoms with Crippen LogP contribution in [-0.4, -0.2) is 58.2 Å². The molecule has 202 valence electrons. The molecule has 1 atom stereocenters. The molecule has 3 aromatic heterocycles. The van der Waals surface area contributed by atoms with Gasteiger partial charge in [-0.15, -0.1) is 0 Å². The largest absolute Gasteiger partial charge is 0.487 e. The molecule has 1 N–H and O–H groups in total. The molecule has 0 saturated carbocycles. The van der Waals surface area contributed by atoms with Crippen molar-refractivity contribution in [3.05, 3.63) is 51.5 Å². The van der Waals surface area contributed by atoms with Crippen molar-refractivity contribution in [2.75, 3.05) is 19.8 Å². The number of halogens is 1. The monoisotopic (exact) mass is 592 g/mol. The summed E-state index contributed by atoms with van der Waals surface area (Å²) >= 11 is 3.55. The highest BCUT2D eigenvalue weighted by Crippen LogP contribution is 2.30. The first-order chi connectivity index (χ1) is 17.5. The van der Waals surface area contributed by atoms with Gasteiger partial charge in [-0.05, 0) is 60.3 Å². The SMILES string of the molecule is C=C(C)COc1ccnc2c1n(-c1nc(OCCCC(C)O)ccc1Br)c(=O)n2COCC[Si](C)(C)C. The van der Waals surface area contributed by atoms with E-state index < -0.39 is 8.07 Å². The van der Waals surface area contributed by atoms with E-state index in [9.17, 15) is 9.90 Å². The topological polar surface area (TPSA) is 101 Å². The van der Waals surface area contributed by atoms with E-state index >= 15 is 0 Å². The van der Waals surface area contributed by atoms with Crippen molar-refractivity contribution in [2.45, 2.75) is 65.2 Å². The molecule has 0 bridgehead atoms. The molecule has 3 heterocycles. The third-order valence-corrected chi connectivity index (χ3v) is 7.81. The summed E-state index contributed by atoms with van der Waals surface area (Å²) in [6.07, 6.45) is 2.53. The van der Waals surface area contributed by atoms with Gasteiger partial charge in [-0.3, -0.25) is 4.57 Å². The molecule has 11 heteroatoms. The number of aliphatic hydroxyl groups is 1. The van der Waals surface area contributed by atoms with Gasteiger partial charge in [0.25, 0.3) is 0 Å². The zero-order valence-corrected chi connectivity index (χ0v) is 24.9. The van der Waals surface area contributed by atoms with E-state index in [1.54, 1.807) is 31.3 Å². The minimum Gasteiger partial charge on any atom is -0.487 e. The van der Waals surface area contributed by atoms with Gasteiger partial charge in [0.05, 0.1) is 17.2 Å². The maximum absolute atomic E-state index is 13.8. The van der Waals surface area contributed by atoms with Gasteiger partial charge in [0.1, 0.15) is 24.6 Å². The molecule has 0 aromatic carbocycles. The molecule has 0 radical (unpaired) electrons. The van der Waals surface area contributed by atoms with Crippen LogP contribution in [0, 0.1) is 0 Å². The number of nitrogens with zero attached hydrogens (tertiary/aromatic N) is 4. The lowest BCUT2D eigenvalue weighted by Gasteiger charge is -2.15. The Kier molecular flexibility index (Phi) is 10.1. The summed E-state index contributed by atoms with van der Waals surface area (Å²) in [4.78, 5) is 22.9. The van der Waals surface area contributed by atoms with E-state index in [-0.39, 0.29) is 18.5 Å². The van der Waals surface area contributed by atoms with E-state index in [2.05, 4.69) is 52.1 Å². The van der Waals surface area contributed by atoms with E-state index in [0.717, 1.165) is 11.6 Å². The van der Waals surface area contributed by atoms with Crippen molar-refractivity contribution < 1.29 is 19.3 Å². The van der Waals surface area contributed by atoms with Crippen molar-refractivity contribution in [2.24, 2.45) is 0 Å². The number of rotatable bonds is 14. The van der Waals surface area contributed by atoms with Crippen molar-refractivity contribution in [1.82, 2.24) is 19.1 Å². The van der Waals surface area contributed by atoms with Gasteiger partial charge in [0.15, 0.2) is 11.5 Å². The normalized spacial score (nSPS) is 12.6. The zero-order valence-electron chi connectivity index (χ0n) is 22.3. The molecular formula is C26H37BrN4O5Si. The molecule has 0 spiro atoms. The molecule has 3 rings (SSSR count). The summed E-state index contributed by atoms with van der Waals surface area (Å²) in [5.74, 6) is 1.22. The lowest BCUT2D eigenvalue weighted by Crippen LogP contribution is -2.27. The molecule has 37 heavy (non-hydrogen) atoms. The van der Waals surface area contributed by atoms with Crippen LogP contribution in [0.15, 0.2) is 45.8 Å². The first-order valence-electron chi connectivity index (χ1n) is 12.4. The molecule has 0 fully saturated rings. The van der Waals surface area contributed by atoms with Crippen LogP contribution in [-0.2, 0) is 11.5 Å². The number of hydrogen-bond acceptors (Lipinski definition) is 7. The number of ether oxygens (including phenoxy) is 3. The summed E-state index contributed by atoms with van der Waals surface area (Å²) in [5, 5.41) is 9.48. The average molecular weight is 594 g/mol. The Hall–Kier alpha value is -2.47. The number of pyridine rings is 2. The second-order valence-electron chi connectivity index (χ2n) is 10.4. The summed E-state index contributed by atoms with van der Waals surface area (Å²) in [6.45, 7) is 15.7. The molecule has 0 aliphatic heterocycles. The van der Waals surface area contributed by atoms with Crippen LogP contribution in [0.1, 0.15) is 26.7 Å². The number of aliphatic hydroxyl groups excluding tert-OH is 1. The lowest BCUT2D eigenvalue weighted by atomic mass is 10.2. The summed E-state index contributed by atoms with van der Waals surface area (Å²) < 4.78 is 21.3. The van der Waals surface area contributed by atoms with Gasteiger partial charge < -0.3 is 19.3 Å². The van der Waals surface area contributed by atoms with E-state index in [0.29, 0.717) is 65.7 Å². The maximum atomic E-state index is 13.8. The van der Waals surface area contributed by atoms with E-state index in [1.807, 2.05) is 6.92 Å². The highest BCUT2D eigenvalue weighted by Gasteiger charge is 2.23. The second kappa shape index (κ2) is 12.9. The summed E-state index contributed by atoms with van der Waals surface area (Å²) in [6, 6.07) is 6.23. The standard InChI is InChI=1S/C26H37BrN4O5Si/c1-18(2)16-36-21-11-12-28-25-23(21)31(26(33)30(25)17-34-14-15-37(4,5)6)24-20(27)9-10-22(29-24)35-13-7-8-19(3)32/h9-12,19,32H,1,7-8,13-17H2,2-6H3. The van der Waals surface area contributed by atoms with Gasteiger partial charge in [-0.2, -0.15) is 4.98 Å². The number of imidazole rings is 1. The van der Waals surface area contributed by atoms with Crippen molar-refractivity contribution >= 4 is 35.2 Å². The smallest absolute Gasteiger partial charge is 0.338 e. The molecule has 3 aromatic rings. The van der Waals surface area contributed by atoms with Crippen molar-refractivity contribution in [3.63, 3.8) is 0 Å². The zero-order chi connectivity index (χ0) is 27.2. The van der Waals surface area contributed by atoms with Crippen molar-refractivity contribution in [1.29, 1.82) is 0 Å². The predicted octanol–water partition coefficient (Wildman–Crippen LogP) is 5.15. The van der Waals surface area contributed by atoms with Crippen LogP contribution < -0.4 is 15.2 Å². The maximum Gasteiger partial charge on any atom is 0.338 e. The molecule has 1 unspecified atom stereocenters. The fraction of sp³-hybridized carbons (Fsp3) is 0.500. The first-order valence-corrected chi connectivity index (χ1v) is 16.9. The third kappa shape index (κ3) is 8.00. The highest BCUT2D eigenvalue weighted by atomic mass is 79.9. The van der Waals surface area contributed by atoms with Crippen LogP contribution in [0.2, 0.25) is 25.7 Å². The fourth-order valence-electron chi connectivity index (χ4n) is 3.51. The van der Waals surface area contributed by atoms with E-state index in [1.165, 1.54) is 9.13 Å². The molecule has 0 aliphatic rings. The Bertz CT molecular complexity index is 1280. The number of aromatic nitrogens is 4. The van der Waals surface area contributed by atoms with Crippen LogP contribution in [0.5, 0.6) is 11.6 Å².